The molecule has 2 aromatic carbocycles. The second-order valence-electron chi connectivity index (χ2n) is 4.90. The van der Waals surface area contributed by atoms with E-state index in [9.17, 15) is 4.79 Å². The molecule has 23 heavy (non-hydrogen) atoms. The molecule has 0 fully saturated rings. The topological polar surface area (TPSA) is 85.3 Å². The Morgan fingerprint density at radius 2 is 1.91 bits per heavy atom. The number of para-hydroxylation sites is 2. The van der Waals surface area contributed by atoms with E-state index in [1.54, 1.807) is 24.3 Å². The predicted octanol–water partition coefficient (Wildman–Crippen LogP) is 3.13. The van der Waals surface area contributed by atoms with Crippen LogP contribution in [-0.2, 0) is 4.79 Å². The van der Waals surface area contributed by atoms with E-state index in [0.29, 0.717) is 16.2 Å². The van der Waals surface area contributed by atoms with Gasteiger partial charge in [0, 0.05) is 11.9 Å². The molecule has 0 saturated heterocycles. The number of carbonyl (C=O) groups is 1. The third kappa shape index (κ3) is 3.02. The predicted molar refractivity (Wildman–Crippen MR) is 92.7 cm³/mol. The van der Waals surface area contributed by atoms with Crippen molar-refractivity contribution in [1.82, 2.24) is 9.55 Å². The molecule has 6 nitrogen and oxygen atoms in total. The van der Waals surface area contributed by atoms with Gasteiger partial charge in [-0.15, -0.1) is 0 Å². The van der Waals surface area contributed by atoms with Crippen molar-refractivity contribution in [3.63, 3.8) is 0 Å². The van der Waals surface area contributed by atoms with Gasteiger partial charge in [0.15, 0.2) is 5.78 Å². The molecule has 0 atom stereocenters. The number of ketones is 1. The second kappa shape index (κ2) is 6.10. The summed E-state index contributed by atoms with van der Waals surface area (Å²) in [6.07, 6.45) is 0. The minimum absolute atomic E-state index is 0.158. The van der Waals surface area contributed by atoms with Crippen molar-refractivity contribution >= 4 is 45.9 Å². The van der Waals surface area contributed by atoms with Crippen molar-refractivity contribution in [3.05, 3.63) is 53.6 Å². The minimum Gasteiger partial charge on any atom is -0.369 e. The van der Waals surface area contributed by atoms with Gasteiger partial charge < -0.3 is 5.73 Å². The lowest BCUT2D eigenvalue weighted by molar-refractivity contribution is -0.111. The van der Waals surface area contributed by atoms with Gasteiger partial charge in [-0.2, -0.15) is 5.10 Å². The molecule has 0 unspecified atom stereocenters. The number of hydrogen-bond acceptors (Lipinski definition) is 5. The number of Topliss-reactive ketones (excluding diaryl/α,β-unsaturated/α-hetero) is 1. The van der Waals surface area contributed by atoms with Gasteiger partial charge in [-0.05, 0) is 36.4 Å². The number of anilines is 2. The maximum atomic E-state index is 12.0. The summed E-state index contributed by atoms with van der Waals surface area (Å²) in [6, 6.07) is 14.4. The number of imidazole rings is 1. The lowest BCUT2D eigenvalue weighted by Gasteiger charge is -2.08. The number of fused-ring (bicyclic) bond motifs is 1. The quantitative estimate of drug-likeness (QED) is 0.439. The molecule has 0 saturated carbocycles. The van der Waals surface area contributed by atoms with E-state index in [1.807, 2.05) is 24.3 Å². The van der Waals surface area contributed by atoms with E-state index in [0.717, 1.165) is 5.52 Å². The fraction of sp³-hybridized carbons (Fsp3) is 0.0625. The third-order valence-corrected chi connectivity index (χ3v) is 3.50. The van der Waals surface area contributed by atoms with Crippen molar-refractivity contribution < 1.29 is 4.79 Å². The molecule has 1 aromatic heterocycles. The normalized spacial score (nSPS) is 11.7. The van der Waals surface area contributed by atoms with E-state index in [-0.39, 0.29) is 17.6 Å². The van der Waals surface area contributed by atoms with Gasteiger partial charge in [0.1, 0.15) is 0 Å². The highest BCUT2D eigenvalue weighted by molar-refractivity contribution is 6.40. The monoisotopic (exact) mass is 327 g/mol. The zero-order valence-electron chi connectivity index (χ0n) is 12.3. The first kappa shape index (κ1) is 15.1. The maximum Gasteiger partial charge on any atom is 0.207 e. The van der Waals surface area contributed by atoms with Crippen LogP contribution in [0.25, 0.3) is 11.0 Å². The average molecular weight is 328 g/mol. The number of hydrazone groups is 1. The number of nitrogens with two attached hydrogens (primary N) is 1. The van der Waals surface area contributed by atoms with Crippen LogP contribution in [-0.4, -0.2) is 21.2 Å². The van der Waals surface area contributed by atoms with E-state index in [4.69, 9.17) is 17.3 Å². The molecule has 3 rings (SSSR count). The summed E-state index contributed by atoms with van der Waals surface area (Å²) in [7, 11) is 0. The lowest BCUT2D eigenvalue weighted by atomic mass is 10.3. The van der Waals surface area contributed by atoms with E-state index in [2.05, 4.69) is 15.5 Å². The van der Waals surface area contributed by atoms with Crippen LogP contribution < -0.4 is 11.2 Å². The minimum atomic E-state index is -0.235. The molecule has 0 radical (unpaired) electrons. The average Bonchev–Trinajstić information content (AvgIpc) is 2.85. The highest BCUT2D eigenvalue weighted by atomic mass is 35.5. The molecule has 7 heteroatoms. The Morgan fingerprint density at radius 3 is 2.61 bits per heavy atom. The van der Waals surface area contributed by atoms with Crippen LogP contribution in [0.1, 0.15) is 6.92 Å². The van der Waals surface area contributed by atoms with E-state index in [1.165, 1.54) is 11.5 Å². The number of nitrogens with one attached hydrogen (secondary N) is 1. The molecular formula is C16H14ClN5O. The Bertz CT molecular complexity index is 898. The number of halogens is 1. The lowest BCUT2D eigenvalue weighted by Crippen LogP contribution is -2.23. The Kier molecular flexibility index (Phi) is 3.99. The van der Waals surface area contributed by atoms with Gasteiger partial charge in [-0.3, -0.25) is 14.8 Å². The number of nitrogens with zero attached hydrogens (tertiary/aromatic N) is 3. The first-order valence-electron chi connectivity index (χ1n) is 6.90. The highest BCUT2D eigenvalue weighted by Gasteiger charge is 2.16. The van der Waals surface area contributed by atoms with Gasteiger partial charge >= 0.3 is 0 Å². The van der Waals surface area contributed by atoms with Gasteiger partial charge in [-0.1, -0.05) is 23.7 Å². The molecule has 0 amide bonds. The molecule has 116 valence electrons. The molecule has 3 N–H and O–H groups in total. The van der Waals surface area contributed by atoms with Gasteiger partial charge in [0.2, 0.25) is 11.8 Å². The summed E-state index contributed by atoms with van der Waals surface area (Å²) in [6.45, 7) is 1.43. The Balaban J connectivity index is 2.04. The number of benzene rings is 2. The summed E-state index contributed by atoms with van der Waals surface area (Å²) in [5.41, 5.74) is 10.9. The van der Waals surface area contributed by atoms with Crippen molar-refractivity contribution in [2.75, 3.05) is 11.2 Å². The van der Waals surface area contributed by atoms with Crippen LogP contribution in [0.3, 0.4) is 0 Å². The maximum absolute atomic E-state index is 12.0. The van der Waals surface area contributed by atoms with Crippen LogP contribution in [0.4, 0.5) is 11.6 Å². The number of rotatable bonds is 3. The van der Waals surface area contributed by atoms with Crippen molar-refractivity contribution in [1.29, 1.82) is 0 Å². The summed E-state index contributed by atoms with van der Waals surface area (Å²) in [5, 5.41) is 4.82. The molecule has 0 spiro atoms. The van der Waals surface area contributed by atoms with Crippen molar-refractivity contribution in [3.8, 4) is 0 Å². The fourth-order valence-electron chi connectivity index (χ4n) is 2.20. The van der Waals surface area contributed by atoms with E-state index < -0.39 is 0 Å². The first-order chi connectivity index (χ1) is 11.1. The Hall–Kier alpha value is -2.86. The number of nitrogen functional groups attached to an aromatic ring is 1. The van der Waals surface area contributed by atoms with Gasteiger partial charge in [0.25, 0.3) is 0 Å². The summed E-state index contributed by atoms with van der Waals surface area (Å²) < 4.78 is 1.53. The molecule has 0 bridgehead atoms. The van der Waals surface area contributed by atoms with Crippen LogP contribution in [0.15, 0.2) is 53.6 Å². The standard InChI is InChI=1S/C16H14ClN5O/c1-10(23)15(21-20-12-8-6-11(17)7-9-12)22-14-5-3-2-4-13(14)19-16(22)18/h2-9,20H,1H3,(H2,18,19)/b21-15+. The highest BCUT2D eigenvalue weighted by Crippen LogP contribution is 2.18. The Labute approximate surface area is 137 Å². The number of hydrogen-bond donors (Lipinski definition) is 2. The largest absolute Gasteiger partial charge is 0.369 e. The zero-order chi connectivity index (χ0) is 16.4. The second-order valence-corrected chi connectivity index (χ2v) is 5.34. The smallest absolute Gasteiger partial charge is 0.207 e. The molecule has 3 aromatic rings. The molecular weight excluding hydrogens is 314 g/mol. The molecule has 0 aliphatic rings. The van der Waals surface area contributed by atoms with Crippen LogP contribution in [0, 0.1) is 0 Å². The summed E-state index contributed by atoms with van der Waals surface area (Å²) >= 11 is 5.85. The van der Waals surface area contributed by atoms with Gasteiger partial charge in [0.05, 0.1) is 16.7 Å². The summed E-state index contributed by atoms with van der Waals surface area (Å²) in [4.78, 5) is 16.3. The van der Waals surface area contributed by atoms with Crippen LogP contribution >= 0.6 is 11.6 Å². The third-order valence-electron chi connectivity index (χ3n) is 3.25. The summed E-state index contributed by atoms with van der Waals surface area (Å²) in [5.74, 6) is 0.130. The van der Waals surface area contributed by atoms with Crippen molar-refractivity contribution in [2.45, 2.75) is 6.92 Å². The molecule has 0 aliphatic heterocycles. The number of carbonyl (C=O) groups excluding carboxylic acids is 1. The van der Waals surface area contributed by atoms with Crippen molar-refractivity contribution in [2.24, 2.45) is 5.10 Å². The number of aromatic nitrogens is 2. The molecule has 1 heterocycles. The molecule has 0 aliphatic carbocycles. The first-order valence-corrected chi connectivity index (χ1v) is 7.27. The van der Waals surface area contributed by atoms with Crippen LogP contribution in [0.5, 0.6) is 0 Å². The van der Waals surface area contributed by atoms with Crippen LogP contribution in [0.2, 0.25) is 5.02 Å². The fourth-order valence-corrected chi connectivity index (χ4v) is 2.32. The SMILES string of the molecule is CC(=O)/C(=N\Nc1ccc(Cl)cc1)n1c(N)nc2ccccc21. The Morgan fingerprint density at radius 1 is 1.22 bits per heavy atom. The van der Waals surface area contributed by atoms with Gasteiger partial charge in [-0.25, -0.2) is 4.98 Å². The zero-order valence-corrected chi connectivity index (χ0v) is 13.1. The van der Waals surface area contributed by atoms with E-state index >= 15 is 0 Å².